The Morgan fingerprint density at radius 3 is 2.35 bits per heavy atom. The predicted molar refractivity (Wildman–Crippen MR) is 74.6 cm³/mol. The molecule has 0 aromatic rings. The number of nitrogens with zero attached hydrogens (tertiary/aromatic N) is 1. The largest absolute Gasteiger partial charge is 0.401 e. The summed E-state index contributed by atoms with van der Waals surface area (Å²) >= 11 is 0. The number of likely N-dealkylation sites (tertiary alicyclic amines) is 1. The molecule has 0 radical (unpaired) electrons. The van der Waals surface area contributed by atoms with Gasteiger partial charge in [-0.25, -0.2) is 0 Å². The molecule has 2 fully saturated rings. The van der Waals surface area contributed by atoms with Crippen molar-refractivity contribution in [2.45, 2.75) is 51.7 Å². The molecular weight excluding hydrogens is 265 g/mol. The summed E-state index contributed by atoms with van der Waals surface area (Å²) in [5, 5.41) is 3.60. The third-order valence-corrected chi connectivity index (χ3v) is 4.65. The molecule has 2 aliphatic rings. The maximum Gasteiger partial charge on any atom is 0.401 e. The molecule has 1 saturated carbocycles. The van der Waals surface area contributed by atoms with Crippen LogP contribution in [0.15, 0.2) is 0 Å². The van der Waals surface area contributed by atoms with Crippen LogP contribution in [0.5, 0.6) is 0 Å². The molecule has 2 nitrogen and oxygen atoms in total. The Hall–Kier alpha value is -0.290. The van der Waals surface area contributed by atoms with Gasteiger partial charge in [0.25, 0.3) is 0 Å². The summed E-state index contributed by atoms with van der Waals surface area (Å²) in [4.78, 5) is 1.54. The van der Waals surface area contributed by atoms with Gasteiger partial charge in [0.15, 0.2) is 0 Å². The second kappa shape index (κ2) is 6.65. The van der Waals surface area contributed by atoms with Crippen molar-refractivity contribution >= 4 is 0 Å². The van der Waals surface area contributed by atoms with Crippen molar-refractivity contribution in [2.24, 2.45) is 17.8 Å². The molecule has 0 aromatic heterocycles. The SMILES string of the molecule is CC1CC(C)CC(NCC2CCN(CC(F)(F)F)C2)C1. The quantitative estimate of drug-likeness (QED) is 0.855. The van der Waals surface area contributed by atoms with Crippen LogP contribution in [0.1, 0.15) is 39.5 Å². The average molecular weight is 292 g/mol. The van der Waals surface area contributed by atoms with E-state index < -0.39 is 12.7 Å². The Kier molecular flexibility index (Phi) is 5.35. The lowest BCUT2D eigenvalue weighted by Gasteiger charge is -2.32. The molecule has 2 rings (SSSR count). The summed E-state index contributed by atoms with van der Waals surface area (Å²) in [7, 11) is 0. The van der Waals surface area contributed by atoms with Crippen molar-refractivity contribution in [1.29, 1.82) is 0 Å². The van der Waals surface area contributed by atoms with E-state index in [-0.39, 0.29) is 0 Å². The van der Waals surface area contributed by atoms with E-state index in [0.717, 1.165) is 24.8 Å². The van der Waals surface area contributed by atoms with Crippen molar-refractivity contribution in [1.82, 2.24) is 10.2 Å². The van der Waals surface area contributed by atoms with Gasteiger partial charge in [-0.15, -0.1) is 0 Å². The van der Waals surface area contributed by atoms with Gasteiger partial charge in [0, 0.05) is 12.6 Å². The average Bonchev–Trinajstić information content (AvgIpc) is 2.70. The van der Waals surface area contributed by atoms with Crippen LogP contribution in [-0.2, 0) is 0 Å². The fourth-order valence-electron chi connectivity index (χ4n) is 3.92. The molecule has 1 aliphatic heterocycles. The van der Waals surface area contributed by atoms with E-state index in [1.54, 1.807) is 4.90 Å². The fraction of sp³-hybridized carbons (Fsp3) is 1.00. The first-order valence-corrected chi connectivity index (χ1v) is 7.84. The van der Waals surface area contributed by atoms with Gasteiger partial charge in [-0.2, -0.15) is 13.2 Å². The van der Waals surface area contributed by atoms with Crippen molar-refractivity contribution in [3.8, 4) is 0 Å². The van der Waals surface area contributed by atoms with Gasteiger partial charge in [0.1, 0.15) is 0 Å². The molecule has 118 valence electrons. The zero-order valence-electron chi connectivity index (χ0n) is 12.5. The van der Waals surface area contributed by atoms with Crippen LogP contribution < -0.4 is 5.32 Å². The standard InChI is InChI=1S/C15H27F3N2/c1-11-5-12(2)7-14(6-11)19-8-13-3-4-20(9-13)10-15(16,17)18/h11-14,19H,3-10H2,1-2H3. The maximum absolute atomic E-state index is 12.3. The summed E-state index contributed by atoms with van der Waals surface area (Å²) in [5.41, 5.74) is 0. The van der Waals surface area contributed by atoms with Crippen molar-refractivity contribution in [3.05, 3.63) is 0 Å². The van der Waals surface area contributed by atoms with E-state index in [1.807, 2.05) is 0 Å². The molecular formula is C15H27F3N2. The normalized spacial score (nSPS) is 36.5. The highest BCUT2D eigenvalue weighted by atomic mass is 19.4. The van der Waals surface area contributed by atoms with Crippen LogP contribution in [0.3, 0.4) is 0 Å². The van der Waals surface area contributed by atoms with Gasteiger partial charge < -0.3 is 5.32 Å². The lowest BCUT2D eigenvalue weighted by molar-refractivity contribution is -0.143. The molecule has 3 atom stereocenters. The lowest BCUT2D eigenvalue weighted by Crippen LogP contribution is -2.39. The van der Waals surface area contributed by atoms with E-state index in [4.69, 9.17) is 0 Å². The Labute approximate surface area is 120 Å². The number of hydrogen-bond donors (Lipinski definition) is 1. The Bertz CT molecular complexity index is 296. The van der Waals surface area contributed by atoms with E-state index >= 15 is 0 Å². The molecule has 1 saturated heterocycles. The first-order valence-electron chi connectivity index (χ1n) is 7.84. The van der Waals surface area contributed by atoms with Gasteiger partial charge in [0.05, 0.1) is 6.54 Å². The number of alkyl halides is 3. The molecule has 20 heavy (non-hydrogen) atoms. The molecule has 0 amide bonds. The number of nitrogens with one attached hydrogen (secondary N) is 1. The first-order chi connectivity index (χ1) is 9.32. The van der Waals surface area contributed by atoms with Gasteiger partial charge in [-0.3, -0.25) is 4.90 Å². The van der Waals surface area contributed by atoms with Crippen LogP contribution in [0.4, 0.5) is 13.2 Å². The Morgan fingerprint density at radius 2 is 1.75 bits per heavy atom. The zero-order valence-corrected chi connectivity index (χ0v) is 12.5. The Morgan fingerprint density at radius 1 is 1.10 bits per heavy atom. The molecule has 0 aromatic carbocycles. The van der Waals surface area contributed by atoms with E-state index in [1.165, 1.54) is 19.3 Å². The highest BCUT2D eigenvalue weighted by molar-refractivity contribution is 4.83. The maximum atomic E-state index is 12.3. The molecule has 1 N–H and O–H groups in total. The van der Waals surface area contributed by atoms with Crippen LogP contribution in [0, 0.1) is 17.8 Å². The smallest absolute Gasteiger partial charge is 0.314 e. The Balaban J connectivity index is 1.68. The van der Waals surface area contributed by atoms with E-state index in [0.29, 0.717) is 25.0 Å². The molecule has 1 aliphatic carbocycles. The second-order valence-electron chi connectivity index (χ2n) is 7.03. The minimum atomic E-state index is -4.06. The van der Waals surface area contributed by atoms with Crippen LogP contribution in [-0.4, -0.2) is 43.3 Å². The highest BCUT2D eigenvalue weighted by Gasteiger charge is 2.34. The van der Waals surface area contributed by atoms with Crippen molar-refractivity contribution in [3.63, 3.8) is 0 Å². The summed E-state index contributed by atoms with van der Waals surface area (Å²) in [6.07, 6.45) is 0.561. The van der Waals surface area contributed by atoms with Crippen molar-refractivity contribution in [2.75, 3.05) is 26.2 Å². The van der Waals surface area contributed by atoms with Crippen molar-refractivity contribution < 1.29 is 13.2 Å². The van der Waals surface area contributed by atoms with Gasteiger partial charge in [-0.1, -0.05) is 13.8 Å². The number of halogens is 3. The monoisotopic (exact) mass is 292 g/mol. The highest BCUT2D eigenvalue weighted by Crippen LogP contribution is 2.29. The van der Waals surface area contributed by atoms with Gasteiger partial charge in [-0.05, 0) is 56.5 Å². The van der Waals surface area contributed by atoms with Crippen LogP contribution >= 0.6 is 0 Å². The number of hydrogen-bond acceptors (Lipinski definition) is 2. The summed E-state index contributed by atoms with van der Waals surface area (Å²) in [5.74, 6) is 1.91. The summed E-state index contributed by atoms with van der Waals surface area (Å²) < 4.78 is 37.0. The predicted octanol–water partition coefficient (Wildman–Crippen LogP) is 3.28. The minimum absolute atomic E-state index is 0.380. The molecule has 5 heteroatoms. The lowest BCUT2D eigenvalue weighted by atomic mass is 9.80. The minimum Gasteiger partial charge on any atom is -0.314 e. The van der Waals surface area contributed by atoms with Crippen LogP contribution in [0.2, 0.25) is 0 Å². The molecule has 0 spiro atoms. The van der Waals surface area contributed by atoms with E-state index in [9.17, 15) is 13.2 Å². The van der Waals surface area contributed by atoms with Gasteiger partial charge in [0.2, 0.25) is 0 Å². The van der Waals surface area contributed by atoms with Crippen LogP contribution in [0.25, 0.3) is 0 Å². The third-order valence-electron chi connectivity index (χ3n) is 4.65. The molecule has 1 heterocycles. The fourth-order valence-corrected chi connectivity index (χ4v) is 3.92. The zero-order chi connectivity index (χ0) is 14.8. The molecule has 0 bridgehead atoms. The molecule has 3 unspecified atom stereocenters. The number of rotatable bonds is 4. The third kappa shape index (κ3) is 5.24. The summed E-state index contributed by atoms with van der Waals surface area (Å²) in [6, 6.07) is 0.561. The van der Waals surface area contributed by atoms with Gasteiger partial charge >= 0.3 is 6.18 Å². The first kappa shape index (κ1) is 16.1. The van der Waals surface area contributed by atoms with E-state index in [2.05, 4.69) is 19.2 Å². The summed E-state index contributed by atoms with van der Waals surface area (Å²) in [6.45, 7) is 5.89. The second-order valence-corrected chi connectivity index (χ2v) is 7.03. The topological polar surface area (TPSA) is 15.3 Å².